The summed E-state index contributed by atoms with van der Waals surface area (Å²) in [5.74, 6) is 0. The lowest BCUT2D eigenvalue weighted by atomic mass is 10.1. The van der Waals surface area contributed by atoms with Gasteiger partial charge in [-0.25, -0.2) is 0 Å². The second-order valence-electron chi connectivity index (χ2n) is 4.92. The molecule has 1 heteroatoms. The Morgan fingerprint density at radius 1 is 0.850 bits per heavy atom. The van der Waals surface area contributed by atoms with Gasteiger partial charge in [0.2, 0.25) is 0 Å². The van der Waals surface area contributed by atoms with E-state index in [9.17, 15) is 0 Å². The maximum Gasteiger partial charge on any atom is 0.0461 e. The number of rotatable bonds is 4. The van der Waals surface area contributed by atoms with E-state index in [0.29, 0.717) is 0 Å². The third-order valence-electron chi connectivity index (χ3n) is 3.35. The standard InChI is InChI=1S/C19H21N/c1-5-17(6-2)20(18-11-7-15(3)8-12-18)19-13-9-16(4)10-14-19/h5-14H,1H2,2-4H3/b17-6+. The van der Waals surface area contributed by atoms with Crippen molar-refractivity contribution in [2.24, 2.45) is 0 Å². The van der Waals surface area contributed by atoms with Crippen molar-refractivity contribution in [3.63, 3.8) is 0 Å². The Kier molecular flexibility index (Phi) is 4.41. The Balaban J connectivity index is 2.52. The first kappa shape index (κ1) is 14.1. The maximum absolute atomic E-state index is 3.93. The van der Waals surface area contributed by atoms with Crippen LogP contribution >= 0.6 is 0 Å². The van der Waals surface area contributed by atoms with Gasteiger partial charge in [-0.05, 0) is 51.1 Å². The van der Waals surface area contributed by atoms with Gasteiger partial charge in [-0.15, -0.1) is 0 Å². The van der Waals surface area contributed by atoms with Crippen molar-refractivity contribution in [3.8, 4) is 0 Å². The molecular formula is C19H21N. The summed E-state index contributed by atoms with van der Waals surface area (Å²) >= 11 is 0. The summed E-state index contributed by atoms with van der Waals surface area (Å²) in [6.45, 7) is 10.2. The lowest BCUT2D eigenvalue weighted by Gasteiger charge is -2.26. The number of anilines is 2. The zero-order valence-corrected chi connectivity index (χ0v) is 12.4. The highest BCUT2D eigenvalue weighted by Gasteiger charge is 2.11. The molecule has 0 heterocycles. The van der Waals surface area contributed by atoms with Crippen LogP contribution in [-0.2, 0) is 0 Å². The van der Waals surface area contributed by atoms with Gasteiger partial charge >= 0.3 is 0 Å². The largest absolute Gasteiger partial charge is 0.311 e. The van der Waals surface area contributed by atoms with Crippen molar-refractivity contribution >= 4 is 11.4 Å². The summed E-state index contributed by atoms with van der Waals surface area (Å²) in [7, 11) is 0. The lowest BCUT2D eigenvalue weighted by molar-refractivity contribution is 1.19. The van der Waals surface area contributed by atoms with E-state index < -0.39 is 0 Å². The zero-order chi connectivity index (χ0) is 14.5. The third-order valence-corrected chi connectivity index (χ3v) is 3.35. The van der Waals surface area contributed by atoms with Gasteiger partial charge in [-0.1, -0.05) is 48.0 Å². The lowest BCUT2D eigenvalue weighted by Crippen LogP contribution is -2.14. The summed E-state index contributed by atoms with van der Waals surface area (Å²) in [5, 5.41) is 0. The van der Waals surface area contributed by atoms with Crippen LogP contribution in [0.5, 0.6) is 0 Å². The van der Waals surface area contributed by atoms with Crippen LogP contribution in [0.4, 0.5) is 11.4 Å². The van der Waals surface area contributed by atoms with Crippen molar-refractivity contribution in [1.29, 1.82) is 0 Å². The highest BCUT2D eigenvalue weighted by Crippen LogP contribution is 2.30. The van der Waals surface area contributed by atoms with Gasteiger partial charge in [0.25, 0.3) is 0 Å². The SMILES string of the molecule is C=C/C(=C\C)N(c1ccc(C)cc1)c1ccc(C)cc1. The number of allylic oxidation sites excluding steroid dienone is 2. The molecule has 2 rings (SSSR count). The van der Waals surface area contributed by atoms with Gasteiger partial charge in [0.05, 0.1) is 0 Å². The van der Waals surface area contributed by atoms with E-state index in [0.717, 1.165) is 17.1 Å². The number of hydrogen-bond donors (Lipinski definition) is 0. The minimum absolute atomic E-state index is 1.08. The molecule has 20 heavy (non-hydrogen) atoms. The van der Waals surface area contributed by atoms with Crippen molar-refractivity contribution in [1.82, 2.24) is 0 Å². The van der Waals surface area contributed by atoms with Crippen LogP contribution in [0.25, 0.3) is 0 Å². The predicted octanol–water partition coefficient (Wildman–Crippen LogP) is 5.53. The Morgan fingerprint density at radius 2 is 1.25 bits per heavy atom. The molecule has 2 aromatic carbocycles. The van der Waals surface area contributed by atoms with E-state index in [2.05, 4.69) is 79.9 Å². The molecule has 0 radical (unpaired) electrons. The fourth-order valence-electron chi connectivity index (χ4n) is 2.17. The fraction of sp³-hybridized carbons (Fsp3) is 0.158. The Morgan fingerprint density at radius 3 is 1.55 bits per heavy atom. The van der Waals surface area contributed by atoms with Gasteiger partial charge in [0.1, 0.15) is 0 Å². The first-order valence-electron chi connectivity index (χ1n) is 6.88. The molecule has 0 fully saturated rings. The summed E-state index contributed by atoms with van der Waals surface area (Å²) in [5.41, 5.74) is 5.90. The average molecular weight is 263 g/mol. The monoisotopic (exact) mass is 263 g/mol. The molecule has 0 aliphatic rings. The van der Waals surface area contributed by atoms with Gasteiger partial charge in [-0.3, -0.25) is 0 Å². The van der Waals surface area contributed by atoms with E-state index in [1.54, 1.807) is 0 Å². The van der Waals surface area contributed by atoms with Gasteiger partial charge in [-0.2, -0.15) is 0 Å². The molecule has 0 aliphatic heterocycles. The number of benzene rings is 2. The third kappa shape index (κ3) is 3.00. The van der Waals surface area contributed by atoms with Crippen molar-refractivity contribution in [3.05, 3.63) is 84.1 Å². The van der Waals surface area contributed by atoms with E-state index in [1.165, 1.54) is 11.1 Å². The van der Waals surface area contributed by atoms with Crippen molar-refractivity contribution in [2.75, 3.05) is 4.90 Å². The highest BCUT2D eigenvalue weighted by molar-refractivity contribution is 5.70. The molecule has 0 saturated carbocycles. The van der Waals surface area contributed by atoms with Crippen LogP contribution in [0.15, 0.2) is 73.0 Å². The molecule has 1 nitrogen and oxygen atoms in total. The summed E-state index contributed by atoms with van der Waals surface area (Å²) in [4.78, 5) is 2.21. The Labute approximate surface area is 121 Å². The van der Waals surface area contributed by atoms with Crippen LogP contribution in [0.3, 0.4) is 0 Å². The molecular weight excluding hydrogens is 242 g/mol. The summed E-state index contributed by atoms with van der Waals surface area (Å²) in [6.07, 6.45) is 3.96. The molecule has 0 spiro atoms. The smallest absolute Gasteiger partial charge is 0.0461 e. The van der Waals surface area contributed by atoms with Crippen molar-refractivity contribution < 1.29 is 0 Å². The van der Waals surface area contributed by atoms with Crippen molar-refractivity contribution in [2.45, 2.75) is 20.8 Å². The number of hydrogen-bond acceptors (Lipinski definition) is 1. The van der Waals surface area contributed by atoms with Crippen LogP contribution in [0, 0.1) is 13.8 Å². The molecule has 0 N–H and O–H groups in total. The molecule has 0 saturated heterocycles. The second kappa shape index (κ2) is 6.25. The fourth-order valence-corrected chi connectivity index (χ4v) is 2.17. The topological polar surface area (TPSA) is 3.24 Å². The molecule has 0 aliphatic carbocycles. The molecule has 0 amide bonds. The average Bonchev–Trinajstić information content (AvgIpc) is 2.47. The second-order valence-corrected chi connectivity index (χ2v) is 4.92. The van der Waals surface area contributed by atoms with Crippen LogP contribution in [0.1, 0.15) is 18.1 Å². The van der Waals surface area contributed by atoms with Gasteiger partial charge in [0, 0.05) is 17.1 Å². The first-order chi connectivity index (χ1) is 9.65. The quantitative estimate of drug-likeness (QED) is 0.655. The first-order valence-corrected chi connectivity index (χ1v) is 6.88. The molecule has 0 aromatic heterocycles. The molecule has 102 valence electrons. The normalized spacial score (nSPS) is 11.2. The molecule has 0 atom stereocenters. The van der Waals surface area contributed by atoms with Crippen LogP contribution in [-0.4, -0.2) is 0 Å². The minimum atomic E-state index is 1.08. The molecule has 2 aromatic rings. The predicted molar refractivity (Wildman–Crippen MR) is 88.5 cm³/mol. The number of aryl methyl sites for hydroxylation is 2. The van der Waals surface area contributed by atoms with Gasteiger partial charge in [0.15, 0.2) is 0 Å². The van der Waals surface area contributed by atoms with E-state index in [4.69, 9.17) is 0 Å². The maximum atomic E-state index is 3.93. The van der Waals surface area contributed by atoms with E-state index >= 15 is 0 Å². The van der Waals surface area contributed by atoms with Gasteiger partial charge < -0.3 is 4.90 Å². The Bertz CT molecular complexity index is 558. The van der Waals surface area contributed by atoms with Crippen LogP contribution in [0.2, 0.25) is 0 Å². The number of nitrogens with zero attached hydrogens (tertiary/aromatic N) is 1. The zero-order valence-electron chi connectivity index (χ0n) is 12.4. The van der Waals surface area contributed by atoms with E-state index in [1.807, 2.05) is 13.0 Å². The van der Waals surface area contributed by atoms with Crippen LogP contribution < -0.4 is 4.90 Å². The molecule has 0 unspecified atom stereocenters. The minimum Gasteiger partial charge on any atom is -0.311 e. The van der Waals surface area contributed by atoms with E-state index in [-0.39, 0.29) is 0 Å². The highest BCUT2D eigenvalue weighted by atomic mass is 15.1. The summed E-state index contributed by atoms with van der Waals surface area (Å²) in [6, 6.07) is 17.1. The summed E-state index contributed by atoms with van der Waals surface area (Å²) < 4.78 is 0. The Hall–Kier alpha value is -2.28. The molecule has 0 bridgehead atoms.